The molecule has 0 saturated carbocycles. The third-order valence-electron chi connectivity index (χ3n) is 7.23. The van der Waals surface area contributed by atoms with E-state index in [2.05, 4.69) is 0 Å². The van der Waals surface area contributed by atoms with Crippen molar-refractivity contribution in [1.82, 2.24) is 0 Å². The largest absolute Gasteiger partial charge is 0.293 e. The zero-order valence-corrected chi connectivity index (χ0v) is 27.6. The number of benzene rings is 4. The molecule has 2 aliphatic heterocycles. The zero-order chi connectivity index (χ0) is 34.7. The van der Waals surface area contributed by atoms with E-state index in [0.29, 0.717) is 33.9 Å². The van der Waals surface area contributed by atoms with Crippen LogP contribution in [0.2, 0.25) is 0 Å². The number of nitriles is 2. The lowest BCUT2D eigenvalue weighted by molar-refractivity contribution is -0.384. The Balaban J connectivity index is 0.000000188. The molecule has 0 spiro atoms. The van der Waals surface area contributed by atoms with Crippen molar-refractivity contribution < 1.29 is 29.1 Å². The molecule has 0 N–H and O–H groups in total. The zero-order valence-electron chi connectivity index (χ0n) is 27.6. The summed E-state index contributed by atoms with van der Waals surface area (Å²) in [6.45, 7) is 10.7. The monoisotopic (exact) mass is 644 g/mol. The summed E-state index contributed by atoms with van der Waals surface area (Å²) < 4.78 is 0. The van der Waals surface area contributed by atoms with Gasteiger partial charge in [-0.05, 0) is 77.9 Å². The van der Waals surface area contributed by atoms with Crippen molar-refractivity contribution in [3.8, 4) is 12.1 Å². The summed E-state index contributed by atoms with van der Waals surface area (Å²) in [5.74, 6) is -0.969. The maximum Gasteiger partial charge on any atom is 0.293 e. The predicted molar refractivity (Wildman–Crippen MR) is 178 cm³/mol. The van der Waals surface area contributed by atoms with Crippen LogP contribution >= 0.6 is 0 Å². The topological polar surface area (TPSA) is 125 Å². The van der Waals surface area contributed by atoms with Crippen LogP contribution in [0.3, 0.4) is 0 Å². The molecular formula is C38H36N4O6. The molecule has 0 aliphatic carbocycles. The van der Waals surface area contributed by atoms with Gasteiger partial charge in [0.15, 0.2) is 0 Å². The van der Waals surface area contributed by atoms with E-state index in [0.717, 1.165) is 0 Å². The number of hydrogen-bond donors (Lipinski definition) is 0. The van der Waals surface area contributed by atoms with Gasteiger partial charge >= 0.3 is 0 Å². The van der Waals surface area contributed by atoms with Crippen LogP contribution in [-0.4, -0.2) is 23.0 Å². The van der Waals surface area contributed by atoms with Crippen molar-refractivity contribution in [1.29, 1.82) is 10.5 Å². The number of hydrogen-bond acceptors (Lipinski definition) is 8. The van der Waals surface area contributed by atoms with Gasteiger partial charge in [0.2, 0.25) is 0 Å². The van der Waals surface area contributed by atoms with Gasteiger partial charge in [-0.3, -0.25) is 19.4 Å². The highest BCUT2D eigenvalue weighted by atomic mass is 17.2. The molecule has 0 aromatic heterocycles. The first-order valence-corrected chi connectivity index (χ1v) is 15.3. The molecule has 0 radical (unpaired) electrons. The second-order valence-corrected chi connectivity index (χ2v) is 13.1. The Morgan fingerprint density at radius 2 is 0.833 bits per heavy atom. The lowest BCUT2D eigenvalue weighted by atomic mass is 9.97. The summed E-state index contributed by atoms with van der Waals surface area (Å²) in [6, 6.07) is 36.6. The highest BCUT2D eigenvalue weighted by molar-refractivity contribution is 6.14. The minimum Gasteiger partial charge on any atom is -0.277 e. The first kappa shape index (κ1) is 34.0. The maximum atomic E-state index is 13.1. The van der Waals surface area contributed by atoms with Gasteiger partial charge in [-0.2, -0.15) is 20.3 Å². The van der Waals surface area contributed by atoms with Crippen LogP contribution in [0.25, 0.3) is 0 Å². The third-order valence-corrected chi connectivity index (χ3v) is 7.23. The SMILES string of the molecule is CC(C)(C)OO[C@]1(C#N)C(=O)N(c2ccccc2)c2ccccc21.CC(C)(C)OO[C@]1(C#N)C(=O)N(c2ccccc2)c2ccccc21. The van der Waals surface area contributed by atoms with Gasteiger partial charge in [-0.25, -0.2) is 9.78 Å². The van der Waals surface area contributed by atoms with E-state index in [-0.39, 0.29) is 0 Å². The Labute approximate surface area is 280 Å². The fourth-order valence-electron chi connectivity index (χ4n) is 5.15. The van der Waals surface area contributed by atoms with Crippen LogP contribution in [0.1, 0.15) is 52.7 Å². The first-order valence-electron chi connectivity index (χ1n) is 15.3. The molecule has 10 nitrogen and oxygen atoms in total. The Bertz CT molecular complexity index is 1750. The number of amides is 2. The molecule has 6 rings (SSSR count). The van der Waals surface area contributed by atoms with E-state index in [4.69, 9.17) is 19.6 Å². The molecule has 2 heterocycles. The Morgan fingerprint density at radius 3 is 1.15 bits per heavy atom. The molecule has 2 aliphatic rings. The van der Waals surface area contributed by atoms with E-state index in [1.54, 1.807) is 77.9 Å². The number of carbonyl (C=O) groups excluding carboxylic acids is 2. The molecule has 48 heavy (non-hydrogen) atoms. The molecule has 244 valence electrons. The van der Waals surface area contributed by atoms with Crippen molar-refractivity contribution in [3.63, 3.8) is 0 Å². The van der Waals surface area contributed by atoms with Crippen LogP contribution in [0.5, 0.6) is 0 Å². The van der Waals surface area contributed by atoms with Crippen molar-refractivity contribution in [2.24, 2.45) is 0 Å². The van der Waals surface area contributed by atoms with Crippen molar-refractivity contribution >= 4 is 34.6 Å². The summed E-state index contributed by atoms with van der Waals surface area (Å²) in [5, 5.41) is 19.6. The second-order valence-electron chi connectivity index (χ2n) is 13.1. The van der Waals surface area contributed by atoms with Crippen LogP contribution in [0, 0.1) is 22.7 Å². The van der Waals surface area contributed by atoms with Crippen LogP contribution in [-0.2, 0) is 40.3 Å². The number of para-hydroxylation sites is 4. The number of fused-ring (bicyclic) bond motifs is 2. The Hall–Kier alpha value is -5.36. The molecule has 2 atom stereocenters. The number of carbonyl (C=O) groups is 2. The van der Waals surface area contributed by atoms with Gasteiger partial charge in [-0.15, -0.1) is 0 Å². The van der Waals surface area contributed by atoms with E-state index >= 15 is 0 Å². The maximum absolute atomic E-state index is 13.1. The highest BCUT2D eigenvalue weighted by Gasteiger charge is 2.56. The summed E-state index contributed by atoms with van der Waals surface area (Å²) in [5.41, 5.74) is -1.41. The number of anilines is 4. The van der Waals surface area contributed by atoms with Gasteiger partial charge in [0.25, 0.3) is 23.0 Å². The molecule has 4 aromatic carbocycles. The molecular weight excluding hydrogens is 608 g/mol. The average Bonchev–Trinajstić information content (AvgIpc) is 3.47. The molecule has 0 fully saturated rings. The lowest BCUT2D eigenvalue weighted by Crippen LogP contribution is -2.41. The molecule has 10 heteroatoms. The molecule has 0 saturated heterocycles. The number of rotatable bonds is 6. The first-order chi connectivity index (χ1) is 22.8. The van der Waals surface area contributed by atoms with Gasteiger partial charge in [0.1, 0.15) is 12.1 Å². The fourth-order valence-corrected chi connectivity index (χ4v) is 5.15. The minimum absolute atomic E-state index is 0.477. The normalized spacial score (nSPS) is 19.9. The average molecular weight is 645 g/mol. The summed E-state index contributed by atoms with van der Waals surface area (Å²) in [7, 11) is 0. The summed E-state index contributed by atoms with van der Waals surface area (Å²) in [4.78, 5) is 50.8. The standard InChI is InChI=1S/2C19H18N2O3/c2*1-18(2,3)23-24-19(13-20)15-11-7-8-12-16(15)21(17(19)22)14-9-5-4-6-10-14/h2*4-12H,1-3H3/t2*19-/m00/s1. The van der Waals surface area contributed by atoms with Crippen molar-refractivity contribution in [3.05, 3.63) is 120 Å². The van der Waals surface area contributed by atoms with Crippen molar-refractivity contribution in [2.45, 2.75) is 63.9 Å². The van der Waals surface area contributed by atoms with Gasteiger partial charge < -0.3 is 0 Å². The minimum atomic E-state index is -1.82. The third kappa shape index (κ3) is 6.30. The molecule has 0 bridgehead atoms. The van der Waals surface area contributed by atoms with Gasteiger partial charge in [0, 0.05) is 22.5 Å². The quantitative estimate of drug-likeness (QED) is 0.155. The van der Waals surface area contributed by atoms with E-state index < -0.39 is 34.2 Å². The predicted octanol–water partition coefficient (Wildman–Crippen LogP) is 7.66. The van der Waals surface area contributed by atoms with Gasteiger partial charge in [-0.1, -0.05) is 72.8 Å². The van der Waals surface area contributed by atoms with Crippen LogP contribution in [0.15, 0.2) is 109 Å². The molecule has 4 aromatic rings. The van der Waals surface area contributed by atoms with E-state index in [1.807, 2.05) is 84.9 Å². The smallest absolute Gasteiger partial charge is 0.277 e. The Kier molecular flexibility index (Phi) is 9.23. The highest BCUT2D eigenvalue weighted by Crippen LogP contribution is 2.48. The van der Waals surface area contributed by atoms with Crippen LogP contribution in [0.4, 0.5) is 22.7 Å². The van der Waals surface area contributed by atoms with Gasteiger partial charge in [0.05, 0.1) is 22.6 Å². The van der Waals surface area contributed by atoms with Crippen LogP contribution < -0.4 is 9.80 Å². The Morgan fingerprint density at radius 1 is 0.521 bits per heavy atom. The van der Waals surface area contributed by atoms with E-state index in [9.17, 15) is 20.1 Å². The van der Waals surface area contributed by atoms with E-state index in [1.165, 1.54) is 9.80 Å². The molecule has 0 unspecified atom stereocenters. The summed E-state index contributed by atoms with van der Waals surface area (Å²) in [6.07, 6.45) is 0. The molecule has 2 amide bonds. The summed E-state index contributed by atoms with van der Waals surface area (Å²) >= 11 is 0. The lowest BCUT2D eigenvalue weighted by Gasteiger charge is -2.25. The number of nitrogens with zero attached hydrogens (tertiary/aromatic N) is 4. The van der Waals surface area contributed by atoms with Crippen molar-refractivity contribution in [2.75, 3.05) is 9.80 Å². The fraction of sp³-hybridized carbons (Fsp3) is 0.263. The second kappa shape index (κ2) is 13.0.